The zero-order chi connectivity index (χ0) is 25.5. The minimum Gasteiger partial charge on any atom is -0.0588 e. The van der Waals surface area contributed by atoms with Crippen molar-refractivity contribution in [3.05, 3.63) is 0 Å². The second-order valence-corrected chi connectivity index (χ2v) is 16.9. The molecular weight excluding hydrogens is 372 g/mol. The Morgan fingerprint density at radius 2 is 0.258 bits per heavy atom. The van der Waals surface area contributed by atoms with Crippen LogP contribution in [0.2, 0.25) is 0 Å². The van der Waals surface area contributed by atoms with Crippen LogP contribution in [0.1, 0.15) is 138 Å². The van der Waals surface area contributed by atoms with Crippen molar-refractivity contribution in [3.63, 3.8) is 0 Å². The minimum atomic E-state index is 0.0804. The standard InChI is InChI=1S/C31H60/c1-21(2)24(7,8)30(19)26(11,12)22(3,4)27(13,14)31(20,25(21,9)10)29(17,18)23(5,6)28(30,15)16/h1-20H3. The molecular formula is C31H60. The first-order chi connectivity index (χ1) is 13.0. The SMILES string of the molecule is CC1(C)C(C)(C)C2(C)C(C)(C)C(C)(C)C(C)(C)C(C)(C1(C)C)C(C)(C)C(C)(C)C2(C)C. The topological polar surface area (TPSA) is 0 Å². The molecule has 0 spiro atoms. The van der Waals surface area contributed by atoms with E-state index >= 15 is 0 Å². The predicted molar refractivity (Wildman–Crippen MR) is 140 cm³/mol. The Hall–Kier alpha value is 0. The molecule has 3 rings (SSSR count). The lowest BCUT2D eigenvalue weighted by atomic mass is 9.17. The Labute approximate surface area is 198 Å². The summed E-state index contributed by atoms with van der Waals surface area (Å²) in [6, 6.07) is 0. The van der Waals surface area contributed by atoms with Crippen LogP contribution in [0, 0.1) is 59.6 Å². The maximum Gasteiger partial charge on any atom is -0.0156 e. The molecule has 0 radical (unpaired) electrons. The normalized spacial score (nSPS) is 42.2. The molecule has 184 valence electrons. The highest BCUT2D eigenvalue weighted by atomic mass is 14.9. The van der Waals surface area contributed by atoms with E-state index in [1.807, 2.05) is 0 Å². The summed E-state index contributed by atoms with van der Waals surface area (Å²) in [6.45, 7) is 52.6. The van der Waals surface area contributed by atoms with E-state index in [-0.39, 0.29) is 59.6 Å². The Morgan fingerprint density at radius 1 is 0.161 bits per heavy atom. The third kappa shape index (κ3) is 2.02. The van der Waals surface area contributed by atoms with Crippen molar-refractivity contribution in [2.24, 2.45) is 59.6 Å². The molecule has 3 saturated carbocycles. The molecule has 0 aromatic heterocycles. The average molecular weight is 433 g/mol. The second-order valence-electron chi connectivity index (χ2n) is 16.9. The van der Waals surface area contributed by atoms with Crippen molar-refractivity contribution in [1.82, 2.24) is 0 Å². The molecule has 0 N–H and O–H groups in total. The second kappa shape index (κ2) is 5.79. The Kier molecular flexibility index (Phi) is 5.09. The number of rotatable bonds is 0. The quantitative estimate of drug-likeness (QED) is 0.357. The highest BCUT2D eigenvalue weighted by molar-refractivity contribution is 5.31. The van der Waals surface area contributed by atoms with Gasteiger partial charge in [-0.25, -0.2) is 0 Å². The fourth-order valence-corrected chi connectivity index (χ4v) is 10.8. The molecule has 0 heterocycles. The lowest BCUT2D eigenvalue weighted by Gasteiger charge is -2.87. The van der Waals surface area contributed by atoms with Gasteiger partial charge in [0, 0.05) is 0 Å². The fraction of sp³-hybridized carbons (Fsp3) is 1.00. The van der Waals surface area contributed by atoms with Gasteiger partial charge in [0.2, 0.25) is 0 Å². The van der Waals surface area contributed by atoms with E-state index in [9.17, 15) is 0 Å². The summed E-state index contributed by atoms with van der Waals surface area (Å²) >= 11 is 0. The van der Waals surface area contributed by atoms with Crippen LogP contribution in [0.5, 0.6) is 0 Å². The first-order valence-electron chi connectivity index (χ1n) is 13.0. The third-order valence-corrected chi connectivity index (χ3v) is 16.9. The first-order valence-corrected chi connectivity index (χ1v) is 13.0. The molecule has 0 nitrogen and oxygen atoms in total. The molecule has 0 heteroatoms. The van der Waals surface area contributed by atoms with Crippen LogP contribution >= 0.6 is 0 Å². The van der Waals surface area contributed by atoms with Gasteiger partial charge < -0.3 is 0 Å². The van der Waals surface area contributed by atoms with E-state index in [0.29, 0.717) is 0 Å². The van der Waals surface area contributed by atoms with Crippen LogP contribution in [0.3, 0.4) is 0 Å². The Bertz CT molecular complexity index is 597. The molecule has 3 fully saturated rings. The van der Waals surface area contributed by atoms with Crippen molar-refractivity contribution in [3.8, 4) is 0 Å². The molecule has 3 aliphatic carbocycles. The molecule has 0 aromatic rings. The van der Waals surface area contributed by atoms with Crippen LogP contribution in [0.25, 0.3) is 0 Å². The molecule has 0 saturated heterocycles. The molecule has 0 amide bonds. The monoisotopic (exact) mass is 432 g/mol. The van der Waals surface area contributed by atoms with Crippen molar-refractivity contribution < 1.29 is 0 Å². The van der Waals surface area contributed by atoms with Crippen LogP contribution in [-0.4, -0.2) is 0 Å². The Morgan fingerprint density at radius 3 is 0.355 bits per heavy atom. The molecule has 0 atom stereocenters. The summed E-state index contributed by atoms with van der Waals surface area (Å²) < 4.78 is 0. The zero-order valence-corrected chi connectivity index (χ0v) is 25.5. The maximum absolute atomic E-state index is 2.69. The number of fused-ring (bicyclic) bond motifs is 6. The zero-order valence-electron chi connectivity index (χ0n) is 25.5. The average Bonchev–Trinajstić information content (AvgIpc) is 2.56. The summed E-state index contributed by atoms with van der Waals surface area (Å²) in [7, 11) is 0. The van der Waals surface area contributed by atoms with Crippen molar-refractivity contribution in [1.29, 1.82) is 0 Å². The molecule has 0 aromatic carbocycles. The van der Waals surface area contributed by atoms with Gasteiger partial charge in [-0.3, -0.25) is 0 Å². The van der Waals surface area contributed by atoms with Gasteiger partial charge in [-0.1, -0.05) is 138 Å². The lowest BCUT2D eigenvalue weighted by molar-refractivity contribution is -0.396. The predicted octanol–water partition coefficient (Wildman–Crippen LogP) is 10.3. The van der Waals surface area contributed by atoms with Crippen LogP contribution in [-0.2, 0) is 0 Å². The smallest absolute Gasteiger partial charge is 0.0156 e. The van der Waals surface area contributed by atoms with Gasteiger partial charge in [-0.05, 0) is 59.6 Å². The fourth-order valence-electron chi connectivity index (χ4n) is 10.8. The van der Waals surface area contributed by atoms with Crippen LogP contribution in [0.15, 0.2) is 0 Å². The highest BCUT2D eigenvalue weighted by Crippen LogP contribution is 2.89. The summed E-state index contributed by atoms with van der Waals surface area (Å²) in [4.78, 5) is 0. The molecule has 0 aliphatic heterocycles. The first kappa shape index (κ1) is 27.2. The van der Waals surface area contributed by atoms with Gasteiger partial charge in [0.25, 0.3) is 0 Å². The van der Waals surface area contributed by atoms with E-state index in [0.717, 1.165) is 0 Å². The largest absolute Gasteiger partial charge is 0.0588 e. The van der Waals surface area contributed by atoms with Gasteiger partial charge in [0.15, 0.2) is 0 Å². The summed E-state index contributed by atoms with van der Waals surface area (Å²) in [6.07, 6.45) is 0. The Balaban J connectivity index is 3.48. The summed E-state index contributed by atoms with van der Waals surface area (Å²) in [5, 5.41) is 0. The molecule has 3 aliphatic rings. The van der Waals surface area contributed by atoms with E-state index in [1.165, 1.54) is 0 Å². The molecule has 2 bridgehead atoms. The van der Waals surface area contributed by atoms with E-state index in [4.69, 9.17) is 0 Å². The van der Waals surface area contributed by atoms with Gasteiger partial charge in [-0.15, -0.1) is 0 Å². The van der Waals surface area contributed by atoms with E-state index in [2.05, 4.69) is 138 Å². The molecule has 0 unspecified atom stereocenters. The number of hydrogen-bond acceptors (Lipinski definition) is 0. The van der Waals surface area contributed by atoms with Gasteiger partial charge in [0.1, 0.15) is 0 Å². The minimum absolute atomic E-state index is 0.0804. The van der Waals surface area contributed by atoms with Crippen molar-refractivity contribution in [2.45, 2.75) is 138 Å². The van der Waals surface area contributed by atoms with Crippen molar-refractivity contribution in [2.75, 3.05) is 0 Å². The molecule has 31 heavy (non-hydrogen) atoms. The summed E-state index contributed by atoms with van der Waals surface area (Å²) in [5.41, 5.74) is 1.20. The van der Waals surface area contributed by atoms with Crippen molar-refractivity contribution >= 4 is 0 Å². The highest BCUT2D eigenvalue weighted by Gasteiger charge is 2.83. The van der Waals surface area contributed by atoms with Gasteiger partial charge in [0.05, 0.1) is 0 Å². The lowest BCUT2D eigenvalue weighted by Crippen LogP contribution is -2.82. The van der Waals surface area contributed by atoms with Crippen LogP contribution in [0.4, 0.5) is 0 Å². The van der Waals surface area contributed by atoms with Gasteiger partial charge in [-0.2, -0.15) is 0 Å². The maximum atomic E-state index is 2.69. The van der Waals surface area contributed by atoms with Gasteiger partial charge >= 0.3 is 0 Å². The number of hydrogen-bond donors (Lipinski definition) is 0. The summed E-state index contributed by atoms with van der Waals surface area (Å²) in [5.74, 6) is 0. The van der Waals surface area contributed by atoms with E-state index in [1.54, 1.807) is 0 Å². The third-order valence-electron chi connectivity index (χ3n) is 16.9. The van der Waals surface area contributed by atoms with E-state index < -0.39 is 0 Å². The van der Waals surface area contributed by atoms with Crippen LogP contribution < -0.4 is 0 Å².